The van der Waals surface area contributed by atoms with Crippen LogP contribution in [0, 0.1) is 0 Å². The fraction of sp³-hybridized carbons (Fsp3) is 0.333. The summed E-state index contributed by atoms with van der Waals surface area (Å²) in [4.78, 5) is 0. The van der Waals surface area contributed by atoms with E-state index in [1.165, 1.54) is 0 Å². The molecule has 2 aliphatic rings. The van der Waals surface area contributed by atoms with Crippen molar-refractivity contribution >= 4 is 0 Å². The van der Waals surface area contributed by atoms with Crippen molar-refractivity contribution in [2.24, 2.45) is 0 Å². The molecule has 31 heavy (non-hydrogen) atoms. The van der Waals surface area contributed by atoms with Gasteiger partial charge in [0.15, 0.2) is 5.79 Å². The second-order valence-corrected chi connectivity index (χ2v) is 8.60. The molecule has 0 saturated carbocycles. The van der Waals surface area contributed by atoms with Crippen molar-refractivity contribution < 1.29 is 18.9 Å². The highest BCUT2D eigenvalue weighted by Gasteiger charge is 2.51. The maximum Gasteiger partial charge on any atom is 0.164 e. The molecule has 3 aromatic rings. The van der Waals surface area contributed by atoms with E-state index in [0.29, 0.717) is 13.2 Å². The monoisotopic (exact) mass is 416 g/mol. The molecule has 2 aliphatic heterocycles. The van der Waals surface area contributed by atoms with E-state index in [0.717, 1.165) is 16.7 Å². The lowest BCUT2D eigenvalue weighted by molar-refractivity contribution is -0.182. The van der Waals surface area contributed by atoms with Crippen molar-refractivity contribution in [1.82, 2.24) is 0 Å². The highest BCUT2D eigenvalue weighted by Crippen LogP contribution is 2.42. The molecule has 2 saturated heterocycles. The summed E-state index contributed by atoms with van der Waals surface area (Å²) in [6, 6.07) is 31.1. The van der Waals surface area contributed by atoms with E-state index in [4.69, 9.17) is 18.9 Å². The molecule has 4 heteroatoms. The largest absolute Gasteiger partial charge is 0.370 e. The molecule has 0 bridgehead atoms. The molecule has 0 unspecified atom stereocenters. The van der Waals surface area contributed by atoms with E-state index in [2.05, 4.69) is 72.8 Å². The molecule has 160 valence electrons. The third-order valence-corrected chi connectivity index (χ3v) is 6.07. The van der Waals surface area contributed by atoms with Gasteiger partial charge >= 0.3 is 0 Å². The van der Waals surface area contributed by atoms with Gasteiger partial charge in [-0.2, -0.15) is 0 Å². The zero-order valence-corrected chi connectivity index (χ0v) is 17.9. The average Bonchev–Trinajstić information content (AvgIpc) is 3.31. The molecule has 0 radical (unpaired) electrons. The fourth-order valence-electron chi connectivity index (χ4n) is 4.74. The first-order chi connectivity index (χ1) is 15.1. The Hall–Kier alpha value is -2.50. The van der Waals surface area contributed by atoms with E-state index in [1.807, 2.05) is 32.0 Å². The van der Waals surface area contributed by atoms with Crippen molar-refractivity contribution in [2.45, 2.75) is 43.5 Å². The summed E-state index contributed by atoms with van der Waals surface area (Å²) in [6.45, 7) is 4.81. The number of fused-ring (bicyclic) bond motifs is 1. The van der Waals surface area contributed by atoms with Gasteiger partial charge < -0.3 is 18.9 Å². The molecule has 0 aromatic heterocycles. The number of benzene rings is 3. The first-order valence-corrected chi connectivity index (χ1v) is 10.9. The summed E-state index contributed by atoms with van der Waals surface area (Å²) in [5.41, 5.74) is 2.46. The highest BCUT2D eigenvalue weighted by molar-refractivity contribution is 5.47. The van der Waals surface area contributed by atoms with Crippen molar-refractivity contribution in [1.29, 1.82) is 0 Å². The van der Waals surface area contributed by atoms with Crippen LogP contribution < -0.4 is 0 Å². The second-order valence-electron chi connectivity index (χ2n) is 8.60. The van der Waals surface area contributed by atoms with Crippen molar-refractivity contribution in [3.63, 3.8) is 0 Å². The first kappa shape index (κ1) is 20.4. The van der Waals surface area contributed by atoms with E-state index in [9.17, 15) is 0 Å². The zero-order valence-electron chi connectivity index (χ0n) is 17.9. The minimum absolute atomic E-state index is 0.0526. The molecule has 5 rings (SSSR count). The van der Waals surface area contributed by atoms with E-state index in [1.54, 1.807) is 0 Å². The van der Waals surface area contributed by atoms with Gasteiger partial charge in [0.05, 0.1) is 13.2 Å². The van der Waals surface area contributed by atoms with Crippen LogP contribution >= 0.6 is 0 Å². The third kappa shape index (κ3) is 3.81. The predicted molar refractivity (Wildman–Crippen MR) is 119 cm³/mol. The van der Waals surface area contributed by atoms with Gasteiger partial charge in [0.2, 0.25) is 0 Å². The van der Waals surface area contributed by atoms with Crippen LogP contribution in [-0.2, 0) is 24.5 Å². The molecule has 4 nitrogen and oxygen atoms in total. The fourth-order valence-corrected chi connectivity index (χ4v) is 4.74. The maximum atomic E-state index is 6.89. The molecule has 0 aliphatic carbocycles. The quantitative estimate of drug-likeness (QED) is 0.535. The summed E-state index contributed by atoms with van der Waals surface area (Å²) in [7, 11) is 0. The Kier molecular flexibility index (Phi) is 5.40. The molecule has 2 heterocycles. The van der Waals surface area contributed by atoms with Gasteiger partial charge in [0, 0.05) is 0 Å². The summed E-state index contributed by atoms with van der Waals surface area (Å²) in [6.07, 6.45) is -0.375. The van der Waals surface area contributed by atoms with Crippen LogP contribution in [0.15, 0.2) is 91.0 Å². The molecule has 0 N–H and O–H groups in total. The summed E-state index contributed by atoms with van der Waals surface area (Å²) < 4.78 is 25.1. The van der Waals surface area contributed by atoms with Crippen molar-refractivity contribution in [3.05, 3.63) is 108 Å². The summed E-state index contributed by atoms with van der Waals surface area (Å²) in [5.74, 6) is -0.591. The topological polar surface area (TPSA) is 36.9 Å². The van der Waals surface area contributed by atoms with Crippen molar-refractivity contribution in [3.8, 4) is 0 Å². The van der Waals surface area contributed by atoms with Crippen molar-refractivity contribution in [2.75, 3.05) is 13.2 Å². The van der Waals surface area contributed by atoms with Crippen LogP contribution in [-0.4, -0.2) is 37.3 Å². The van der Waals surface area contributed by atoms with Crippen LogP contribution in [0.5, 0.6) is 0 Å². The molecule has 3 atom stereocenters. The molecule has 0 spiro atoms. The average molecular weight is 417 g/mol. The molecule has 0 amide bonds. The Balaban J connectivity index is 1.55. The summed E-state index contributed by atoms with van der Waals surface area (Å²) >= 11 is 0. The smallest absolute Gasteiger partial charge is 0.164 e. The van der Waals surface area contributed by atoms with Crippen LogP contribution in [0.25, 0.3) is 0 Å². The van der Waals surface area contributed by atoms with Gasteiger partial charge in [-0.3, -0.25) is 0 Å². The lowest BCUT2D eigenvalue weighted by Gasteiger charge is -2.37. The first-order valence-electron chi connectivity index (χ1n) is 10.9. The predicted octanol–water partition coefficient (Wildman–Crippen LogP) is 4.91. The Morgan fingerprint density at radius 1 is 0.774 bits per heavy atom. The van der Waals surface area contributed by atoms with Gasteiger partial charge in [-0.1, -0.05) is 91.0 Å². The van der Waals surface area contributed by atoms with E-state index < -0.39 is 11.4 Å². The molecular formula is C27H28O4. The third-order valence-electron chi connectivity index (χ3n) is 6.07. The van der Waals surface area contributed by atoms with Crippen LogP contribution in [0.1, 0.15) is 30.5 Å². The van der Waals surface area contributed by atoms with Crippen LogP contribution in [0.3, 0.4) is 0 Å². The van der Waals surface area contributed by atoms with Gasteiger partial charge in [-0.05, 0) is 30.5 Å². The Labute approximate surface area is 183 Å². The highest BCUT2D eigenvalue weighted by atomic mass is 16.8. The number of hydrogen-bond acceptors (Lipinski definition) is 4. The Morgan fingerprint density at radius 2 is 1.26 bits per heavy atom. The zero-order chi connectivity index (χ0) is 21.3. The summed E-state index contributed by atoms with van der Waals surface area (Å²) in [5, 5.41) is 0. The number of hydrogen-bond donors (Lipinski definition) is 0. The van der Waals surface area contributed by atoms with Gasteiger partial charge in [0.1, 0.15) is 23.9 Å². The molecule has 3 aromatic carbocycles. The number of rotatable bonds is 6. The minimum atomic E-state index is -0.764. The second kappa shape index (κ2) is 8.21. The van der Waals surface area contributed by atoms with E-state index in [-0.39, 0.29) is 18.3 Å². The van der Waals surface area contributed by atoms with Crippen LogP contribution in [0.2, 0.25) is 0 Å². The van der Waals surface area contributed by atoms with E-state index >= 15 is 0 Å². The molecule has 2 fully saturated rings. The number of ether oxygens (including phenoxy) is 4. The normalized spacial score (nSPS) is 24.8. The molecular weight excluding hydrogens is 388 g/mol. The van der Waals surface area contributed by atoms with Gasteiger partial charge in [-0.25, -0.2) is 0 Å². The van der Waals surface area contributed by atoms with Gasteiger partial charge in [0.25, 0.3) is 0 Å². The Morgan fingerprint density at radius 3 is 1.74 bits per heavy atom. The Bertz CT molecular complexity index is 891. The maximum absolute atomic E-state index is 6.89. The lowest BCUT2D eigenvalue weighted by Crippen LogP contribution is -2.39. The van der Waals surface area contributed by atoms with Gasteiger partial charge in [-0.15, -0.1) is 0 Å². The lowest BCUT2D eigenvalue weighted by atomic mass is 9.80. The van der Waals surface area contributed by atoms with Crippen LogP contribution in [0.4, 0.5) is 0 Å². The standard InChI is InChI=1S/C27H28O4/c1-26(2)30-24-18-28-23(25(24)31-26)19-29-27(20-12-6-3-7-13-20,21-14-8-4-9-15-21)22-16-10-5-11-17-22/h3-17,23-25H,18-19H2,1-2H3/t23-,24+,25-/m1/s1. The SMILES string of the molecule is CC1(C)O[C@H]2[C@H](CO[C@@H]2COC(c2ccccc2)(c2ccccc2)c2ccccc2)O1. The minimum Gasteiger partial charge on any atom is -0.370 e.